The molecule has 0 aliphatic carbocycles. The maximum Gasteiger partial charge on any atom is 0.356 e. The van der Waals surface area contributed by atoms with E-state index in [1.807, 2.05) is 31.4 Å². The second kappa shape index (κ2) is 7.03. The minimum Gasteiger partial charge on any atom is -0.464 e. The van der Waals surface area contributed by atoms with Gasteiger partial charge in [0.15, 0.2) is 0 Å². The lowest BCUT2D eigenvalue weighted by molar-refractivity contribution is 0.0593. The van der Waals surface area contributed by atoms with Crippen molar-refractivity contribution in [3.05, 3.63) is 64.2 Å². The highest BCUT2D eigenvalue weighted by molar-refractivity contribution is 6.32. The van der Waals surface area contributed by atoms with E-state index in [0.29, 0.717) is 17.1 Å². The molecule has 3 rings (SSSR count). The first-order chi connectivity index (χ1) is 12.0. The third-order valence-corrected chi connectivity index (χ3v) is 4.30. The van der Waals surface area contributed by atoms with Crippen molar-refractivity contribution in [1.82, 2.24) is 19.7 Å². The Morgan fingerprint density at radius 3 is 2.68 bits per heavy atom. The molecule has 7 heteroatoms. The number of aryl methyl sites for hydroxylation is 2. The Balaban J connectivity index is 1.87. The first-order valence-electron chi connectivity index (χ1n) is 7.67. The Kier molecular flexibility index (Phi) is 4.81. The fraction of sp³-hybridized carbons (Fsp3) is 0.222. The number of aromatic nitrogens is 4. The molecule has 0 radical (unpaired) electrons. The van der Waals surface area contributed by atoms with Crippen LogP contribution in [0, 0.1) is 6.92 Å². The van der Waals surface area contributed by atoms with Gasteiger partial charge in [-0.3, -0.25) is 9.67 Å². The summed E-state index contributed by atoms with van der Waals surface area (Å²) in [5.41, 5.74) is 4.25. The van der Waals surface area contributed by atoms with Crippen molar-refractivity contribution in [2.24, 2.45) is 7.05 Å². The molecule has 0 spiro atoms. The zero-order valence-electron chi connectivity index (χ0n) is 14.2. The highest BCUT2D eigenvalue weighted by Crippen LogP contribution is 2.24. The molecule has 0 aliphatic rings. The number of carbonyl (C=O) groups is 1. The van der Waals surface area contributed by atoms with Gasteiger partial charge in [0.2, 0.25) is 0 Å². The maximum atomic E-state index is 11.7. The van der Waals surface area contributed by atoms with Crippen LogP contribution < -0.4 is 0 Å². The van der Waals surface area contributed by atoms with Gasteiger partial charge >= 0.3 is 5.97 Å². The van der Waals surface area contributed by atoms with Gasteiger partial charge in [0, 0.05) is 25.9 Å². The lowest BCUT2D eigenvalue weighted by atomic mass is 10.0. The zero-order valence-corrected chi connectivity index (χ0v) is 14.9. The molecule has 0 N–H and O–H groups in total. The highest BCUT2D eigenvalue weighted by atomic mass is 35.5. The van der Waals surface area contributed by atoms with E-state index in [4.69, 9.17) is 16.3 Å². The molecule has 0 saturated carbocycles. The summed E-state index contributed by atoms with van der Waals surface area (Å²) >= 11 is 6.35. The molecule has 3 aromatic rings. The number of nitrogens with zero attached hydrogens (tertiary/aromatic N) is 4. The van der Waals surface area contributed by atoms with Gasteiger partial charge in [-0.05, 0) is 36.2 Å². The summed E-state index contributed by atoms with van der Waals surface area (Å²) in [6.45, 7) is 1.76. The molecule has 0 atom stereocenters. The van der Waals surface area contributed by atoms with Crippen molar-refractivity contribution < 1.29 is 9.53 Å². The largest absolute Gasteiger partial charge is 0.464 e. The molecular formula is C18H17ClN4O2. The fourth-order valence-electron chi connectivity index (χ4n) is 2.51. The van der Waals surface area contributed by atoms with Crippen molar-refractivity contribution in [1.29, 1.82) is 0 Å². The Bertz CT molecular complexity index is 919. The Morgan fingerprint density at radius 2 is 2.08 bits per heavy atom. The standard InChI is InChI=1S/C18H17ClN4O2/c1-11-17(19)13(9-16(21-11)18(24)25-3)8-12-4-5-14(20-10-12)15-6-7-23(2)22-15/h4-7,9-10H,8H2,1-3H3. The van der Waals surface area contributed by atoms with Crippen molar-refractivity contribution in [3.8, 4) is 11.4 Å². The first kappa shape index (κ1) is 17.1. The van der Waals surface area contributed by atoms with Gasteiger partial charge in [-0.1, -0.05) is 17.7 Å². The van der Waals surface area contributed by atoms with Gasteiger partial charge in [-0.15, -0.1) is 0 Å². The molecule has 3 aromatic heterocycles. The van der Waals surface area contributed by atoms with E-state index >= 15 is 0 Å². The second-order valence-corrected chi connectivity index (χ2v) is 6.04. The summed E-state index contributed by atoms with van der Waals surface area (Å²) in [6, 6.07) is 7.46. The molecule has 0 amide bonds. The molecule has 25 heavy (non-hydrogen) atoms. The van der Waals surface area contributed by atoms with Crippen LogP contribution in [0.15, 0.2) is 36.7 Å². The molecule has 0 unspecified atom stereocenters. The van der Waals surface area contributed by atoms with E-state index in [-0.39, 0.29) is 5.69 Å². The second-order valence-electron chi connectivity index (χ2n) is 5.66. The number of esters is 1. The molecule has 0 fully saturated rings. The minimum atomic E-state index is -0.482. The third-order valence-electron chi connectivity index (χ3n) is 3.79. The van der Waals surface area contributed by atoms with Crippen LogP contribution >= 0.6 is 11.6 Å². The summed E-state index contributed by atoms with van der Waals surface area (Å²) < 4.78 is 6.47. The van der Waals surface area contributed by atoms with Crippen LogP contribution in [0.5, 0.6) is 0 Å². The van der Waals surface area contributed by atoms with Crippen LogP contribution in [0.2, 0.25) is 5.02 Å². The predicted octanol–water partition coefficient (Wildman–Crippen LogP) is 3.22. The van der Waals surface area contributed by atoms with Gasteiger partial charge in [-0.25, -0.2) is 9.78 Å². The molecular weight excluding hydrogens is 340 g/mol. The SMILES string of the molecule is COC(=O)c1cc(Cc2ccc(-c3ccn(C)n3)nc2)c(Cl)c(C)n1. The topological polar surface area (TPSA) is 69.9 Å². The Labute approximate surface area is 150 Å². The Morgan fingerprint density at radius 1 is 1.28 bits per heavy atom. The van der Waals surface area contributed by atoms with Crippen molar-refractivity contribution in [2.75, 3.05) is 7.11 Å². The summed E-state index contributed by atoms with van der Waals surface area (Å²) in [5, 5.41) is 4.88. The molecule has 3 heterocycles. The number of hydrogen-bond donors (Lipinski definition) is 0. The fourth-order valence-corrected chi connectivity index (χ4v) is 2.68. The summed E-state index contributed by atoms with van der Waals surface area (Å²) in [4.78, 5) is 20.4. The zero-order chi connectivity index (χ0) is 18.0. The average Bonchev–Trinajstić information content (AvgIpc) is 3.05. The summed E-state index contributed by atoms with van der Waals surface area (Å²) in [7, 11) is 3.19. The van der Waals surface area contributed by atoms with Crippen molar-refractivity contribution in [2.45, 2.75) is 13.3 Å². The first-order valence-corrected chi connectivity index (χ1v) is 8.05. The molecule has 0 saturated heterocycles. The van der Waals surface area contributed by atoms with E-state index in [1.54, 1.807) is 23.9 Å². The number of pyridine rings is 2. The number of hydrogen-bond acceptors (Lipinski definition) is 5. The van der Waals surface area contributed by atoms with E-state index in [1.165, 1.54) is 7.11 Å². The van der Waals surface area contributed by atoms with E-state index in [2.05, 4.69) is 15.1 Å². The normalized spacial score (nSPS) is 10.7. The van der Waals surface area contributed by atoms with Gasteiger partial charge in [0.25, 0.3) is 0 Å². The molecule has 0 aliphatic heterocycles. The smallest absolute Gasteiger partial charge is 0.356 e. The van der Waals surface area contributed by atoms with Gasteiger partial charge in [0.1, 0.15) is 11.4 Å². The number of carbonyl (C=O) groups excluding carboxylic acids is 1. The van der Waals surface area contributed by atoms with Crippen LogP contribution in [0.1, 0.15) is 27.3 Å². The highest BCUT2D eigenvalue weighted by Gasteiger charge is 2.14. The number of ether oxygens (including phenoxy) is 1. The minimum absolute atomic E-state index is 0.248. The predicted molar refractivity (Wildman–Crippen MR) is 94.6 cm³/mol. The lowest BCUT2D eigenvalue weighted by Gasteiger charge is -2.09. The van der Waals surface area contributed by atoms with E-state index in [0.717, 1.165) is 22.5 Å². The number of halogens is 1. The van der Waals surface area contributed by atoms with E-state index < -0.39 is 5.97 Å². The van der Waals surface area contributed by atoms with E-state index in [9.17, 15) is 4.79 Å². The monoisotopic (exact) mass is 356 g/mol. The van der Waals surface area contributed by atoms with Crippen LogP contribution in [0.3, 0.4) is 0 Å². The molecule has 128 valence electrons. The lowest BCUT2D eigenvalue weighted by Crippen LogP contribution is -2.07. The van der Waals surface area contributed by atoms with Gasteiger partial charge in [-0.2, -0.15) is 5.10 Å². The number of rotatable bonds is 4. The quantitative estimate of drug-likeness (QED) is 0.671. The summed E-state index contributed by atoms with van der Waals surface area (Å²) in [6.07, 6.45) is 4.20. The molecule has 0 aromatic carbocycles. The number of methoxy groups -OCH3 is 1. The molecule has 6 nitrogen and oxygen atoms in total. The van der Waals surface area contributed by atoms with Crippen LogP contribution in [0.25, 0.3) is 11.4 Å². The third kappa shape index (κ3) is 3.69. The van der Waals surface area contributed by atoms with Gasteiger partial charge < -0.3 is 4.74 Å². The summed E-state index contributed by atoms with van der Waals surface area (Å²) in [5.74, 6) is -0.482. The van der Waals surface area contributed by atoms with Crippen molar-refractivity contribution in [3.63, 3.8) is 0 Å². The molecule has 0 bridgehead atoms. The average molecular weight is 357 g/mol. The van der Waals surface area contributed by atoms with Crippen LogP contribution in [-0.2, 0) is 18.2 Å². The van der Waals surface area contributed by atoms with Gasteiger partial charge in [0.05, 0.1) is 23.5 Å². The van der Waals surface area contributed by atoms with Crippen LogP contribution in [0.4, 0.5) is 0 Å². The Hall–Kier alpha value is -2.73. The van der Waals surface area contributed by atoms with Crippen molar-refractivity contribution >= 4 is 17.6 Å². The van der Waals surface area contributed by atoms with Crippen LogP contribution in [-0.4, -0.2) is 32.8 Å². The maximum absolute atomic E-state index is 11.7.